The molecule has 8 rings (SSSR count). The van der Waals surface area contributed by atoms with E-state index in [1.54, 1.807) is 7.11 Å². The van der Waals surface area contributed by atoms with Gasteiger partial charge in [-0.15, -0.1) is 0 Å². The molecule has 0 saturated carbocycles. The quantitative estimate of drug-likeness (QED) is 0.356. The van der Waals surface area contributed by atoms with Crippen molar-refractivity contribution in [3.8, 4) is 0 Å². The van der Waals surface area contributed by atoms with Crippen molar-refractivity contribution in [3.05, 3.63) is 59.7 Å². The third kappa shape index (κ3) is 2.15. The molecule has 2 aromatic heterocycles. The summed E-state index contributed by atoms with van der Waals surface area (Å²) in [6.07, 6.45) is -0.941. The first-order chi connectivity index (χ1) is 17.5. The number of likely N-dealkylation sites (N-methyl/N-ethyl adjacent to an activating group) is 1. The van der Waals surface area contributed by atoms with Gasteiger partial charge in [-0.25, -0.2) is 0 Å². The molecule has 1 saturated heterocycles. The summed E-state index contributed by atoms with van der Waals surface area (Å²) in [6.45, 7) is 2.09. The van der Waals surface area contributed by atoms with Crippen molar-refractivity contribution in [2.24, 2.45) is 0 Å². The number of nitrogens with one attached hydrogen (secondary N) is 2. The van der Waals surface area contributed by atoms with E-state index >= 15 is 0 Å². The minimum Gasteiger partial charge on any atom is -0.375 e. The highest BCUT2D eigenvalue weighted by molar-refractivity contribution is 6.31. The second-order valence-corrected chi connectivity index (χ2v) is 10.3. The fourth-order valence-corrected chi connectivity index (χ4v) is 7.38. The molecular formula is C28H26N4O4. The molecule has 5 atom stereocenters. The molecule has 3 aromatic carbocycles. The van der Waals surface area contributed by atoms with Crippen LogP contribution in [0.3, 0.4) is 0 Å². The zero-order valence-corrected chi connectivity index (χ0v) is 20.2. The molecule has 182 valence electrons. The van der Waals surface area contributed by atoms with Gasteiger partial charge < -0.3 is 34.3 Å². The summed E-state index contributed by atoms with van der Waals surface area (Å²) in [5.74, 6) is -0.249. The molecule has 8 nitrogen and oxygen atoms in total. The fourth-order valence-electron chi connectivity index (χ4n) is 7.38. The largest absolute Gasteiger partial charge is 0.375 e. The molecule has 1 fully saturated rings. The second-order valence-electron chi connectivity index (χ2n) is 10.3. The van der Waals surface area contributed by atoms with Crippen molar-refractivity contribution in [1.82, 2.24) is 19.8 Å². The van der Waals surface area contributed by atoms with E-state index in [0.29, 0.717) is 17.5 Å². The maximum atomic E-state index is 13.4. The van der Waals surface area contributed by atoms with Gasteiger partial charge in [0, 0.05) is 46.7 Å². The number of nitrogens with zero attached hydrogens (tertiary/aromatic N) is 2. The summed E-state index contributed by atoms with van der Waals surface area (Å²) < 4.78 is 17.7. The molecule has 8 heteroatoms. The minimum absolute atomic E-state index is 0.0289. The molecule has 5 aromatic rings. The molecular weight excluding hydrogens is 456 g/mol. The number of hydrogen-bond donors (Lipinski definition) is 3. The van der Waals surface area contributed by atoms with Gasteiger partial charge in [-0.1, -0.05) is 36.4 Å². The number of fused-ring (bicyclic) bond motifs is 13. The fraction of sp³-hybridized carbons (Fsp3) is 0.321. The number of aliphatic hydroxyl groups excluding tert-OH is 1. The van der Waals surface area contributed by atoms with Crippen molar-refractivity contribution in [2.45, 2.75) is 43.7 Å². The number of para-hydroxylation sites is 2. The highest BCUT2D eigenvalue weighted by Gasteiger charge is 2.53. The van der Waals surface area contributed by atoms with Crippen LogP contribution in [-0.2, 0) is 15.2 Å². The van der Waals surface area contributed by atoms with Crippen LogP contribution in [0.15, 0.2) is 48.5 Å². The standard InChI is InChI=1S/C28H26N4O4/c1-28-25(35-3)15(29-2)12-18(36-28)31-16-10-6-4-8-13(16)19-21-22(27(34)30-26(21)33)20-14-9-5-7-11-17(14)32(28)24(20)23(19)31/h4-11,15,18,25,27,29,34H,12H2,1-3H3,(H,30,33)/t15-,18-,25-,27+,28+/m0/s1. The van der Waals surface area contributed by atoms with Crippen LogP contribution >= 0.6 is 0 Å². The molecule has 0 radical (unpaired) electrons. The SMILES string of the molecule is CN[C@H]1C[C@@H]2O[C@](C)([C@H]1OC)n1c3ccccc3c3c4c(c5c6ccccc6n2c5c31)C(=O)N[C@@H]4O. The van der Waals surface area contributed by atoms with Crippen LogP contribution in [0.2, 0.25) is 0 Å². The third-order valence-corrected chi connectivity index (χ3v) is 8.65. The highest BCUT2D eigenvalue weighted by atomic mass is 16.6. The number of benzene rings is 3. The Hall–Kier alpha value is -3.43. The Kier molecular flexibility index (Phi) is 3.83. The Balaban J connectivity index is 1.73. The lowest BCUT2D eigenvalue weighted by Crippen LogP contribution is -2.59. The molecule has 0 spiro atoms. The maximum Gasteiger partial charge on any atom is 0.254 e. The number of aliphatic hydroxyl groups is 1. The summed E-state index contributed by atoms with van der Waals surface area (Å²) >= 11 is 0. The topological polar surface area (TPSA) is 89.7 Å². The summed E-state index contributed by atoms with van der Waals surface area (Å²) in [5, 5.41) is 21.1. The van der Waals surface area contributed by atoms with Crippen LogP contribution in [0, 0.1) is 0 Å². The predicted molar refractivity (Wildman–Crippen MR) is 137 cm³/mol. The van der Waals surface area contributed by atoms with E-state index in [0.717, 1.165) is 43.6 Å². The van der Waals surface area contributed by atoms with Crippen LogP contribution in [0.5, 0.6) is 0 Å². The number of amides is 1. The van der Waals surface area contributed by atoms with Crippen molar-refractivity contribution in [3.63, 3.8) is 0 Å². The molecule has 0 unspecified atom stereocenters. The molecule has 3 aliphatic heterocycles. The minimum atomic E-state index is -1.09. The van der Waals surface area contributed by atoms with E-state index in [4.69, 9.17) is 9.47 Å². The number of aromatic nitrogens is 2. The van der Waals surface area contributed by atoms with Crippen molar-refractivity contribution >= 4 is 49.5 Å². The predicted octanol–water partition coefficient (Wildman–Crippen LogP) is 3.84. The van der Waals surface area contributed by atoms with Gasteiger partial charge in [-0.3, -0.25) is 4.79 Å². The molecule has 2 bridgehead atoms. The Morgan fingerprint density at radius 2 is 1.78 bits per heavy atom. The van der Waals surface area contributed by atoms with Gasteiger partial charge in [0.1, 0.15) is 12.3 Å². The summed E-state index contributed by atoms with van der Waals surface area (Å²) in [7, 11) is 3.70. The second kappa shape index (κ2) is 6.66. The van der Waals surface area contributed by atoms with Gasteiger partial charge in [-0.2, -0.15) is 0 Å². The van der Waals surface area contributed by atoms with Gasteiger partial charge in [0.2, 0.25) is 0 Å². The van der Waals surface area contributed by atoms with Crippen LogP contribution < -0.4 is 10.6 Å². The van der Waals surface area contributed by atoms with Gasteiger partial charge in [0.05, 0.1) is 27.6 Å². The molecule has 0 aliphatic carbocycles. The Bertz CT molecular complexity index is 1790. The first-order valence-electron chi connectivity index (χ1n) is 12.4. The Morgan fingerprint density at radius 1 is 1.08 bits per heavy atom. The molecule has 3 N–H and O–H groups in total. The number of hydrogen-bond acceptors (Lipinski definition) is 5. The lowest BCUT2D eigenvalue weighted by Gasteiger charge is -2.48. The van der Waals surface area contributed by atoms with Crippen molar-refractivity contribution in [2.75, 3.05) is 14.2 Å². The van der Waals surface area contributed by atoms with E-state index in [2.05, 4.69) is 51.0 Å². The third-order valence-electron chi connectivity index (χ3n) is 8.65. The molecule has 1 amide bonds. The highest BCUT2D eigenvalue weighted by Crippen LogP contribution is 2.54. The summed E-state index contributed by atoms with van der Waals surface area (Å²) in [6, 6.07) is 16.4. The van der Waals surface area contributed by atoms with Crippen LogP contribution in [-0.4, -0.2) is 46.5 Å². The molecule has 5 heterocycles. The molecule has 3 aliphatic rings. The number of carbonyl (C=O) groups excluding carboxylic acids is 1. The average Bonchev–Trinajstić information content (AvgIpc) is 3.48. The summed E-state index contributed by atoms with van der Waals surface area (Å²) in [4.78, 5) is 13.4. The summed E-state index contributed by atoms with van der Waals surface area (Å²) in [5.41, 5.74) is 4.25. The molecule has 36 heavy (non-hydrogen) atoms. The van der Waals surface area contributed by atoms with E-state index in [9.17, 15) is 9.90 Å². The van der Waals surface area contributed by atoms with E-state index in [1.165, 1.54) is 0 Å². The van der Waals surface area contributed by atoms with Gasteiger partial charge >= 0.3 is 0 Å². The zero-order valence-electron chi connectivity index (χ0n) is 20.2. The number of rotatable bonds is 2. The smallest absolute Gasteiger partial charge is 0.254 e. The Morgan fingerprint density at radius 3 is 2.50 bits per heavy atom. The van der Waals surface area contributed by atoms with E-state index in [-0.39, 0.29) is 24.3 Å². The lowest BCUT2D eigenvalue weighted by molar-refractivity contribution is -0.256. The van der Waals surface area contributed by atoms with Crippen molar-refractivity contribution in [1.29, 1.82) is 0 Å². The maximum absolute atomic E-state index is 13.4. The average molecular weight is 483 g/mol. The number of methoxy groups -OCH3 is 1. The number of ether oxygens (including phenoxy) is 2. The van der Waals surface area contributed by atoms with Crippen LogP contribution in [0.1, 0.15) is 41.7 Å². The first-order valence-corrected chi connectivity index (χ1v) is 12.4. The zero-order chi connectivity index (χ0) is 24.5. The van der Waals surface area contributed by atoms with Gasteiger partial charge in [-0.05, 0) is 26.1 Å². The monoisotopic (exact) mass is 482 g/mol. The van der Waals surface area contributed by atoms with Crippen LogP contribution in [0.25, 0.3) is 43.6 Å². The van der Waals surface area contributed by atoms with E-state index in [1.807, 2.05) is 31.3 Å². The van der Waals surface area contributed by atoms with Gasteiger partial charge in [0.15, 0.2) is 12.0 Å². The van der Waals surface area contributed by atoms with Crippen molar-refractivity contribution < 1.29 is 19.4 Å². The van der Waals surface area contributed by atoms with Gasteiger partial charge in [0.25, 0.3) is 5.91 Å². The first kappa shape index (κ1) is 20.7. The van der Waals surface area contributed by atoms with Crippen LogP contribution in [0.4, 0.5) is 0 Å². The normalized spacial score (nSPS) is 28.9. The Labute approximate surface area is 206 Å². The van der Waals surface area contributed by atoms with E-state index < -0.39 is 12.0 Å². The lowest BCUT2D eigenvalue weighted by atomic mass is 9.93. The number of carbonyl (C=O) groups is 1.